The molecule has 0 saturated heterocycles. The Bertz CT molecular complexity index is 4330. The van der Waals surface area contributed by atoms with Gasteiger partial charge in [0.15, 0.2) is 0 Å². The Morgan fingerprint density at radius 2 is 0.708 bits per heavy atom. The van der Waals surface area contributed by atoms with Gasteiger partial charge < -0.3 is 0 Å². The molecule has 0 bridgehead atoms. The molecule has 0 amide bonds. The van der Waals surface area contributed by atoms with Crippen LogP contribution in [0.5, 0.6) is 0 Å². The van der Waals surface area contributed by atoms with Crippen molar-refractivity contribution in [3.63, 3.8) is 0 Å². The van der Waals surface area contributed by atoms with E-state index in [1.54, 1.807) is 0 Å². The summed E-state index contributed by atoms with van der Waals surface area (Å²) in [7, 11) is 0. The predicted molar refractivity (Wildman–Crippen MR) is 307 cm³/mol. The van der Waals surface area contributed by atoms with Crippen LogP contribution >= 0.6 is 0 Å². The minimum absolute atomic E-state index is 0.0657. The van der Waals surface area contributed by atoms with Crippen molar-refractivity contribution in [3.8, 4) is 33.6 Å². The van der Waals surface area contributed by atoms with Gasteiger partial charge in [0, 0.05) is 22.2 Å². The summed E-state index contributed by atoms with van der Waals surface area (Å²) in [5, 5.41) is 15.7. The number of nitrogens with zero attached hydrogens (tertiary/aromatic N) is 4. The van der Waals surface area contributed by atoms with Crippen molar-refractivity contribution in [1.82, 2.24) is 19.1 Å². The number of aromatic nitrogens is 4. The Kier molecular flexibility index (Phi) is 9.95. The number of benzene rings is 12. The standard InChI is InChI=1S/C35H28N2.C33H26N2/c1-35(2,3)34-36-32-14-8-9-15-33(32)37(34)25-19-16-23(17-20-25)24-18-21-30-28-12-5-4-10-26(28)27-11-6-7-13-29(27)31(30)22-24;1-33(2,3)32-34-28-9-4-5-10-29(28)35(32)25-17-13-21(14-18-25)26-19-15-24-12-11-22-7-6-8-23-16-20-27(26)31(24)30(22)23/h4-22H,1-3H3;4-20H,1-3H3. The topological polar surface area (TPSA) is 35.6 Å². The van der Waals surface area contributed by atoms with Crippen LogP contribution in [-0.2, 0) is 10.8 Å². The molecule has 0 aliphatic carbocycles. The Labute approximate surface area is 419 Å². The maximum atomic E-state index is 4.99. The van der Waals surface area contributed by atoms with Gasteiger partial charge in [-0.3, -0.25) is 9.13 Å². The molecule has 0 aliphatic rings. The Morgan fingerprint density at radius 3 is 1.24 bits per heavy atom. The van der Waals surface area contributed by atoms with Gasteiger partial charge in [-0.05, 0) is 141 Å². The lowest BCUT2D eigenvalue weighted by Crippen LogP contribution is -2.18. The normalized spacial score (nSPS) is 12.3. The zero-order chi connectivity index (χ0) is 48.9. The fraction of sp³-hybridized carbons (Fsp3) is 0.118. The quantitative estimate of drug-likeness (QED) is 0.165. The SMILES string of the molecule is CC(C)(C)c1nc2ccccc2n1-c1ccc(-c2ccc3c4ccccc4c4ccccc4c3c2)cc1.CC(C)(C)c1nc2ccccc2n1-c1ccc(-c2ccc3ccc4cccc5ccc2c3c45)cc1. The van der Waals surface area contributed by atoms with E-state index in [1.807, 2.05) is 0 Å². The molecule has 4 heteroatoms. The van der Waals surface area contributed by atoms with Crippen molar-refractivity contribution >= 4 is 86.7 Å². The van der Waals surface area contributed by atoms with E-state index in [0.29, 0.717) is 0 Å². The molecule has 2 heterocycles. The van der Waals surface area contributed by atoms with Crippen LogP contribution in [0, 0.1) is 0 Å². The molecule has 0 unspecified atom stereocenters. The molecular weight excluding hydrogens is 873 g/mol. The number of rotatable bonds is 4. The third-order valence-electron chi connectivity index (χ3n) is 14.6. The van der Waals surface area contributed by atoms with Crippen molar-refractivity contribution in [2.24, 2.45) is 0 Å². The van der Waals surface area contributed by atoms with Gasteiger partial charge in [-0.2, -0.15) is 0 Å². The van der Waals surface area contributed by atoms with Crippen molar-refractivity contribution < 1.29 is 0 Å². The zero-order valence-electron chi connectivity index (χ0n) is 41.6. The molecule has 0 fully saturated rings. The summed E-state index contributed by atoms with van der Waals surface area (Å²) >= 11 is 0. The fourth-order valence-corrected chi connectivity index (χ4v) is 11.2. The lowest BCUT2D eigenvalue weighted by atomic mass is 9.90. The Morgan fingerprint density at radius 1 is 0.306 bits per heavy atom. The number of para-hydroxylation sites is 4. The molecule has 72 heavy (non-hydrogen) atoms. The second-order valence-electron chi connectivity index (χ2n) is 21.4. The van der Waals surface area contributed by atoms with Crippen LogP contribution in [0.4, 0.5) is 0 Å². The first-order valence-corrected chi connectivity index (χ1v) is 25.2. The minimum Gasteiger partial charge on any atom is -0.296 e. The smallest absolute Gasteiger partial charge is 0.119 e. The van der Waals surface area contributed by atoms with Crippen molar-refractivity contribution in [2.45, 2.75) is 52.4 Å². The van der Waals surface area contributed by atoms with Gasteiger partial charge >= 0.3 is 0 Å². The van der Waals surface area contributed by atoms with E-state index >= 15 is 0 Å². The van der Waals surface area contributed by atoms with Crippen LogP contribution in [0.3, 0.4) is 0 Å². The van der Waals surface area contributed by atoms with E-state index in [0.717, 1.165) is 45.1 Å². The van der Waals surface area contributed by atoms with E-state index in [-0.39, 0.29) is 10.8 Å². The summed E-state index contributed by atoms with van der Waals surface area (Å²) in [4.78, 5) is 9.98. The highest BCUT2D eigenvalue weighted by atomic mass is 15.1. The molecular formula is C68H54N4. The Hall–Kier alpha value is -8.60. The average molecular weight is 927 g/mol. The molecule has 14 aromatic rings. The highest BCUT2D eigenvalue weighted by Crippen LogP contribution is 2.41. The van der Waals surface area contributed by atoms with E-state index in [4.69, 9.17) is 9.97 Å². The molecule has 0 radical (unpaired) electrons. The Balaban J connectivity index is 0.000000140. The molecule has 12 aromatic carbocycles. The van der Waals surface area contributed by atoms with Crippen LogP contribution in [0.15, 0.2) is 218 Å². The number of hydrogen-bond acceptors (Lipinski definition) is 2. The molecule has 2 aromatic heterocycles. The van der Waals surface area contributed by atoms with Gasteiger partial charge in [0.1, 0.15) is 11.6 Å². The summed E-state index contributed by atoms with van der Waals surface area (Å²) < 4.78 is 4.61. The van der Waals surface area contributed by atoms with Crippen LogP contribution < -0.4 is 0 Å². The van der Waals surface area contributed by atoms with Crippen molar-refractivity contribution in [1.29, 1.82) is 0 Å². The molecule has 0 N–H and O–H groups in total. The van der Waals surface area contributed by atoms with E-state index in [9.17, 15) is 0 Å². The maximum absolute atomic E-state index is 4.99. The fourth-order valence-electron chi connectivity index (χ4n) is 11.2. The summed E-state index contributed by atoms with van der Waals surface area (Å²) in [6.07, 6.45) is 0. The van der Waals surface area contributed by atoms with E-state index < -0.39 is 0 Å². The van der Waals surface area contributed by atoms with E-state index in [1.165, 1.54) is 86.9 Å². The number of imidazole rings is 2. The zero-order valence-corrected chi connectivity index (χ0v) is 41.6. The summed E-state index contributed by atoms with van der Waals surface area (Å²) in [6.45, 7) is 13.4. The lowest BCUT2D eigenvalue weighted by Gasteiger charge is -2.20. The second kappa shape index (κ2) is 16.5. The predicted octanol–water partition coefficient (Wildman–Crippen LogP) is 18.3. The molecule has 0 saturated carbocycles. The first kappa shape index (κ1) is 43.4. The van der Waals surface area contributed by atoms with Crippen LogP contribution in [-0.4, -0.2) is 19.1 Å². The molecule has 4 nitrogen and oxygen atoms in total. The molecule has 0 atom stereocenters. The first-order valence-electron chi connectivity index (χ1n) is 25.2. The van der Waals surface area contributed by atoms with Gasteiger partial charge in [-0.25, -0.2) is 9.97 Å². The second-order valence-corrected chi connectivity index (χ2v) is 21.4. The summed E-state index contributed by atoms with van der Waals surface area (Å²) in [5.41, 5.74) is 11.4. The molecule has 0 aliphatic heterocycles. The van der Waals surface area contributed by atoms with Gasteiger partial charge in [-0.1, -0.05) is 205 Å². The lowest BCUT2D eigenvalue weighted by molar-refractivity contribution is 0.539. The highest BCUT2D eigenvalue weighted by Gasteiger charge is 2.25. The summed E-state index contributed by atoms with van der Waals surface area (Å²) in [6, 6.07) is 79.2. The van der Waals surface area contributed by atoms with Crippen LogP contribution in [0.25, 0.3) is 120 Å². The molecule has 14 rings (SSSR count). The van der Waals surface area contributed by atoms with Gasteiger partial charge in [0.25, 0.3) is 0 Å². The van der Waals surface area contributed by atoms with Gasteiger partial charge in [-0.15, -0.1) is 0 Å². The van der Waals surface area contributed by atoms with Crippen LogP contribution in [0.2, 0.25) is 0 Å². The van der Waals surface area contributed by atoms with Gasteiger partial charge in [0.2, 0.25) is 0 Å². The van der Waals surface area contributed by atoms with E-state index in [2.05, 4.69) is 269 Å². The van der Waals surface area contributed by atoms with Crippen molar-refractivity contribution in [3.05, 3.63) is 230 Å². The average Bonchev–Trinajstić information content (AvgIpc) is 4.02. The third-order valence-corrected chi connectivity index (χ3v) is 14.6. The monoisotopic (exact) mass is 926 g/mol. The first-order chi connectivity index (χ1) is 35.0. The highest BCUT2D eigenvalue weighted by molar-refractivity contribution is 6.26. The van der Waals surface area contributed by atoms with Gasteiger partial charge in [0.05, 0.1) is 22.1 Å². The summed E-state index contributed by atoms with van der Waals surface area (Å²) in [5.74, 6) is 2.15. The minimum atomic E-state index is -0.0696. The molecule has 346 valence electrons. The number of fused-ring (bicyclic) bond motifs is 8. The number of hydrogen-bond donors (Lipinski definition) is 0. The third kappa shape index (κ3) is 7.12. The molecule has 0 spiro atoms. The largest absolute Gasteiger partial charge is 0.296 e. The van der Waals surface area contributed by atoms with Crippen molar-refractivity contribution in [2.75, 3.05) is 0 Å². The maximum Gasteiger partial charge on any atom is 0.119 e. The van der Waals surface area contributed by atoms with Crippen LogP contribution in [0.1, 0.15) is 53.2 Å².